The Morgan fingerprint density at radius 2 is 2.17 bits per heavy atom. The van der Waals surface area contributed by atoms with Crippen LogP contribution in [0.4, 0.5) is 0 Å². The number of methoxy groups -OCH3 is 1. The largest absolute Gasteiger partial charge is 0.468 e. The van der Waals surface area contributed by atoms with Crippen LogP contribution in [0.25, 0.3) is 15.9 Å². The summed E-state index contributed by atoms with van der Waals surface area (Å²) < 4.78 is 6.47. The van der Waals surface area contributed by atoms with Crippen LogP contribution in [0.2, 0.25) is 0 Å². The first-order valence-corrected chi connectivity index (χ1v) is 11.5. The number of benzene rings is 1. The molecule has 3 aromatic rings. The van der Waals surface area contributed by atoms with E-state index >= 15 is 0 Å². The lowest BCUT2D eigenvalue weighted by Crippen LogP contribution is -2.24. The highest BCUT2D eigenvalue weighted by Gasteiger charge is 2.25. The Balaban J connectivity index is 1.97. The predicted molar refractivity (Wildman–Crippen MR) is 119 cm³/mol. The van der Waals surface area contributed by atoms with Crippen LogP contribution >= 0.6 is 23.1 Å². The van der Waals surface area contributed by atoms with Gasteiger partial charge in [0.05, 0.1) is 23.9 Å². The van der Waals surface area contributed by atoms with Gasteiger partial charge >= 0.3 is 5.97 Å². The topological polar surface area (TPSA) is 61.2 Å². The van der Waals surface area contributed by atoms with E-state index in [9.17, 15) is 9.59 Å². The highest BCUT2D eigenvalue weighted by Crippen LogP contribution is 2.37. The molecule has 0 unspecified atom stereocenters. The molecule has 0 radical (unpaired) electrons. The second-order valence-corrected chi connectivity index (χ2v) is 9.75. The fourth-order valence-electron chi connectivity index (χ4n) is 3.82. The molecule has 0 fully saturated rings. The molecule has 29 heavy (non-hydrogen) atoms. The molecule has 152 valence electrons. The van der Waals surface area contributed by atoms with Crippen molar-refractivity contribution in [2.45, 2.75) is 45.2 Å². The minimum absolute atomic E-state index is 0.0388. The first kappa shape index (κ1) is 20.2. The molecule has 7 heteroatoms. The maximum atomic E-state index is 13.7. The monoisotopic (exact) mass is 428 g/mol. The van der Waals surface area contributed by atoms with Gasteiger partial charge in [-0.2, -0.15) is 0 Å². The summed E-state index contributed by atoms with van der Waals surface area (Å²) in [4.78, 5) is 32.4. The number of nitrogens with zero attached hydrogens (tertiary/aromatic N) is 2. The standard InChI is InChI=1S/C22H24N2O3S2/c1-12-5-7-14(3)16(9-12)24-21(26)19-15-8-6-13(2)10-17(15)29-20(19)23-22(24)28-11-18(25)27-4/h5,7,9,13H,6,8,10-11H2,1-4H3/t13-/m0/s1. The smallest absolute Gasteiger partial charge is 0.316 e. The SMILES string of the molecule is COC(=O)CSc1nc2sc3c(c2c(=O)n1-c1cc(C)ccc1C)CC[C@H](C)C3. The van der Waals surface area contributed by atoms with E-state index < -0.39 is 0 Å². The Labute approximate surface area is 178 Å². The summed E-state index contributed by atoms with van der Waals surface area (Å²) >= 11 is 2.88. The van der Waals surface area contributed by atoms with Gasteiger partial charge in [0.25, 0.3) is 5.56 Å². The van der Waals surface area contributed by atoms with E-state index in [0.29, 0.717) is 11.1 Å². The van der Waals surface area contributed by atoms with Gasteiger partial charge in [0, 0.05) is 4.88 Å². The van der Waals surface area contributed by atoms with Crippen LogP contribution in [0, 0.1) is 19.8 Å². The van der Waals surface area contributed by atoms with Gasteiger partial charge in [-0.1, -0.05) is 30.8 Å². The second kappa shape index (κ2) is 7.95. The van der Waals surface area contributed by atoms with Crippen molar-refractivity contribution >= 4 is 39.3 Å². The number of hydrogen-bond donors (Lipinski definition) is 0. The zero-order valence-corrected chi connectivity index (χ0v) is 18.7. The molecule has 1 aliphatic rings. The van der Waals surface area contributed by atoms with E-state index in [0.717, 1.165) is 46.3 Å². The van der Waals surface area contributed by atoms with Gasteiger partial charge in [-0.25, -0.2) is 4.98 Å². The number of aromatic nitrogens is 2. The number of fused-ring (bicyclic) bond motifs is 3. The van der Waals surface area contributed by atoms with Crippen molar-refractivity contribution in [3.05, 3.63) is 50.1 Å². The maximum absolute atomic E-state index is 13.7. The van der Waals surface area contributed by atoms with Crippen molar-refractivity contribution in [2.24, 2.45) is 5.92 Å². The summed E-state index contributed by atoms with van der Waals surface area (Å²) in [7, 11) is 1.37. The van der Waals surface area contributed by atoms with Crippen molar-refractivity contribution < 1.29 is 9.53 Å². The lowest BCUT2D eigenvalue weighted by molar-refractivity contribution is -0.137. The van der Waals surface area contributed by atoms with Gasteiger partial charge in [-0.15, -0.1) is 11.3 Å². The number of hydrogen-bond acceptors (Lipinski definition) is 6. The van der Waals surface area contributed by atoms with Crippen LogP contribution in [0.3, 0.4) is 0 Å². The van der Waals surface area contributed by atoms with E-state index in [1.807, 2.05) is 32.0 Å². The lowest BCUT2D eigenvalue weighted by Gasteiger charge is -2.18. The summed E-state index contributed by atoms with van der Waals surface area (Å²) in [5, 5.41) is 1.29. The summed E-state index contributed by atoms with van der Waals surface area (Å²) in [5.41, 5.74) is 4.02. The molecule has 5 nitrogen and oxygen atoms in total. The van der Waals surface area contributed by atoms with Crippen LogP contribution in [0.1, 0.15) is 34.9 Å². The van der Waals surface area contributed by atoms with Gasteiger partial charge in [-0.3, -0.25) is 14.2 Å². The molecule has 0 spiro atoms. The molecule has 2 heterocycles. The fourth-order valence-corrected chi connectivity index (χ4v) is 6.09. The molecule has 0 N–H and O–H groups in total. The van der Waals surface area contributed by atoms with Crippen LogP contribution in [-0.2, 0) is 22.4 Å². The number of esters is 1. The normalized spacial score (nSPS) is 16.1. The molecular formula is C22H24N2O3S2. The minimum atomic E-state index is -0.337. The molecule has 4 rings (SSSR count). The predicted octanol–water partition coefficient (Wildman–Crippen LogP) is 4.45. The first-order valence-electron chi connectivity index (χ1n) is 9.73. The molecule has 1 aliphatic carbocycles. The molecule has 0 saturated heterocycles. The van der Waals surface area contributed by atoms with Crippen molar-refractivity contribution in [3.63, 3.8) is 0 Å². The number of ether oxygens (including phenoxy) is 1. The quantitative estimate of drug-likeness (QED) is 0.349. The molecule has 2 aromatic heterocycles. The zero-order valence-electron chi connectivity index (χ0n) is 17.1. The van der Waals surface area contributed by atoms with E-state index in [1.165, 1.54) is 29.3 Å². The van der Waals surface area contributed by atoms with Gasteiger partial charge in [-0.05, 0) is 61.8 Å². The fraction of sp³-hybridized carbons (Fsp3) is 0.409. The average Bonchev–Trinajstić information content (AvgIpc) is 3.05. The molecule has 0 saturated carbocycles. The third kappa shape index (κ3) is 3.73. The number of carbonyl (C=O) groups is 1. The molecule has 0 amide bonds. The minimum Gasteiger partial charge on any atom is -0.468 e. The van der Waals surface area contributed by atoms with Crippen LogP contribution in [0.15, 0.2) is 28.2 Å². The third-order valence-electron chi connectivity index (χ3n) is 5.45. The molecular weight excluding hydrogens is 404 g/mol. The van der Waals surface area contributed by atoms with Crippen LogP contribution in [-0.4, -0.2) is 28.4 Å². The van der Waals surface area contributed by atoms with Crippen LogP contribution in [0.5, 0.6) is 0 Å². The Morgan fingerprint density at radius 3 is 2.93 bits per heavy atom. The van der Waals surface area contributed by atoms with E-state index in [4.69, 9.17) is 9.72 Å². The maximum Gasteiger partial charge on any atom is 0.316 e. The van der Waals surface area contributed by atoms with E-state index in [2.05, 4.69) is 6.92 Å². The van der Waals surface area contributed by atoms with Crippen LogP contribution < -0.4 is 5.56 Å². The van der Waals surface area contributed by atoms with Gasteiger partial charge in [0.1, 0.15) is 4.83 Å². The third-order valence-corrected chi connectivity index (χ3v) is 7.51. The van der Waals surface area contributed by atoms with Crippen molar-refractivity contribution in [1.82, 2.24) is 9.55 Å². The second-order valence-electron chi connectivity index (χ2n) is 7.72. The molecule has 0 aliphatic heterocycles. The summed E-state index contributed by atoms with van der Waals surface area (Å²) in [6.07, 6.45) is 3.03. The Bertz CT molecular complexity index is 1160. The summed E-state index contributed by atoms with van der Waals surface area (Å²) in [6.45, 7) is 6.26. The highest BCUT2D eigenvalue weighted by atomic mass is 32.2. The van der Waals surface area contributed by atoms with Crippen molar-refractivity contribution in [1.29, 1.82) is 0 Å². The van der Waals surface area contributed by atoms with Gasteiger partial charge in [0.2, 0.25) is 0 Å². The van der Waals surface area contributed by atoms with Gasteiger partial charge < -0.3 is 4.74 Å². The lowest BCUT2D eigenvalue weighted by atomic mass is 9.89. The van der Waals surface area contributed by atoms with E-state index in [-0.39, 0.29) is 17.3 Å². The number of carbonyl (C=O) groups excluding carboxylic acids is 1. The number of aryl methyl sites for hydroxylation is 3. The Hall–Kier alpha value is -2.12. The average molecular weight is 429 g/mol. The summed E-state index contributed by atoms with van der Waals surface area (Å²) in [5.74, 6) is 0.405. The number of thiophene rings is 1. The zero-order chi connectivity index (χ0) is 20.7. The molecule has 1 atom stereocenters. The van der Waals surface area contributed by atoms with Crippen molar-refractivity contribution in [3.8, 4) is 5.69 Å². The number of rotatable bonds is 4. The van der Waals surface area contributed by atoms with E-state index in [1.54, 1.807) is 15.9 Å². The first-order chi connectivity index (χ1) is 13.9. The molecule has 1 aromatic carbocycles. The number of thioether (sulfide) groups is 1. The Kier molecular flexibility index (Phi) is 5.53. The summed E-state index contributed by atoms with van der Waals surface area (Å²) in [6, 6.07) is 6.05. The molecule has 0 bridgehead atoms. The van der Waals surface area contributed by atoms with Gasteiger partial charge in [0.15, 0.2) is 5.16 Å². The Morgan fingerprint density at radius 1 is 1.38 bits per heavy atom. The highest BCUT2D eigenvalue weighted by molar-refractivity contribution is 7.99. The van der Waals surface area contributed by atoms with Crippen molar-refractivity contribution in [2.75, 3.05) is 12.9 Å².